The van der Waals surface area contributed by atoms with E-state index in [4.69, 9.17) is 9.72 Å². The number of methoxy groups -OCH3 is 1. The molecule has 1 unspecified atom stereocenters. The third-order valence-electron chi connectivity index (χ3n) is 6.69. The molecule has 1 aliphatic heterocycles. The SMILES string of the molecule is COc1ccccc1C(C)CNc1cc(-c2cnc3c(cnn3C3CCN(C)CC3)c2)ncn1. The van der Waals surface area contributed by atoms with E-state index in [0.717, 1.165) is 66.3 Å². The molecule has 0 spiro atoms. The number of aromatic nitrogens is 5. The topological polar surface area (TPSA) is 81.0 Å². The highest BCUT2D eigenvalue weighted by Crippen LogP contribution is 2.29. The number of hydrogen-bond donors (Lipinski definition) is 1. The highest BCUT2D eigenvalue weighted by molar-refractivity contribution is 5.80. The zero-order valence-electron chi connectivity index (χ0n) is 20.0. The van der Waals surface area contributed by atoms with Gasteiger partial charge >= 0.3 is 0 Å². The predicted molar refractivity (Wildman–Crippen MR) is 134 cm³/mol. The normalized spacial score (nSPS) is 16.0. The molecule has 34 heavy (non-hydrogen) atoms. The quantitative estimate of drug-likeness (QED) is 0.441. The third kappa shape index (κ3) is 4.59. The summed E-state index contributed by atoms with van der Waals surface area (Å²) in [6.07, 6.45) is 7.60. The van der Waals surface area contributed by atoms with Crippen LogP contribution in [0.15, 0.2) is 55.1 Å². The molecule has 0 aliphatic carbocycles. The number of rotatable bonds is 7. The molecule has 1 aliphatic rings. The molecular formula is C26H31N7O. The van der Waals surface area contributed by atoms with Gasteiger partial charge < -0.3 is 15.0 Å². The van der Waals surface area contributed by atoms with Gasteiger partial charge in [0.2, 0.25) is 0 Å². The smallest absolute Gasteiger partial charge is 0.158 e. The maximum atomic E-state index is 5.51. The van der Waals surface area contributed by atoms with E-state index in [9.17, 15) is 0 Å². The van der Waals surface area contributed by atoms with Gasteiger partial charge in [-0.2, -0.15) is 5.10 Å². The molecule has 1 fully saturated rings. The van der Waals surface area contributed by atoms with Crippen LogP contribution < -0.4 is 10.1 Å². The number of benzene rings is 1. The molecule has 1 N–H and O–H groups in total. The summed E-state index contributed by atoms with van der Waals surface area (Å²) in [5, 5.41) is 9.15. The van der Waals surface area contributed by atoms with Crippen LogP contribution in [-0.2, 0) is 0 Å². The van der Waals surface area contributed by atoms with Crippen LogP contribution in [0.3, 0.4) is 0 Å². The van der Waals surface area contributed by atoms with E-state index in [1.807, 2.05) is 36.7 Å². The number of hydrogen-bond acceptors (Lipinski definition) is 7. The molecule has 8 nitrogen and oxygen atoms in total. The molecular weight excluding hydrogens is 426 g/mol. The highest BCUT2D eigenvalue weighted by Gasteiger charge is 2.21. The molecule has 0 saturated carbocycles. The summed E-state index contributed by atoms with van der Waals surface area (Å²) >= 11 is 0. The Labute approximate surface area is 200 Å². The minimum absolute atomic E-state index is 0.262. The Morgan fingerprint density at radius 2 is 1.91 bits per heavy atom. The lowest BCUT2D eigenvalue weighted by molar-refractivity contribution is 0.215. The number of nitrogens with zero attached hydrogens (tertiary/aromatic N) is 6. The molecule has 0 bridgehead atoms. The Morgan fingerprint density at radius 3 is 2.74 bits per heavy atom. The van der Waals surface area contributed by atoms with Crippen molar-refractivity contribution in [2.45, 2.75) is 31.7 Å². The Kier molecular flexibility index (Phi) is 6.40. The van der Waals surface area contributed by atoms with Crippen LogP contribution in [0.25, 0.3) is 22.3 Å². The molecule has 4 heterocycles. The second-order valence-corrected chi connectivity index (χ2v) is 9.07. The fourth-order valence-corrected chi connectivity index (χ4v) is 4.64. The largest absolute Gasteiger partial charge is 0.496 e. The molecule has 1 saturated heterocycles. The molecule has 5 rings (SSSR count). The van der Waals surface area contributed by atoms with E-state index in [0.29, 0.717) is 6.04 Å². The van der Waals surface area contributed by atoms with Crippen LogP contribution in [0, 0.1) is 0 Å². The van der Waals surface area contributed by atoms with Gasteiger partial charge in [-0.15, -0.1) is 0 Å². The molecule has 8 heteroatoms. The average Bonchev–Trinajstić information content (AvgIpc) is 3.31. The van der Waals surface area contributed by atoms with E-state index in [-0.39, 0.29) is 5.92 Å². The molecule has 3 aromatic heterocycles. The van der Waals surface area contributed by atoms with Gasteiger partial charge in [-0.25, -0.2) is 19.6 Å². The van der Waals surface area contributed by atoms with Gasteiger partial charge in [0.25, 0.3) is 0 Å². The van der Waals surface area contributed by atoms with Crippen LogP contribution in [0.4, 0.5) is 5.82 Å². The van der Waals surface area contributed by atoms with Crippen LogP contribution in [0.2, 0.25) is 0 Å². The lowest BCUT2D eigenvalue weighted by Crippen LogP contribution is -2.31. The summed E-state index contributed by atoms with van der Waals surface area (Å²) in [5.74, 6) is 1.95. The Balaban J connectivity index is 1.31. The standard InChI is InChI=1S/C26H31N7O/c1-18(22-6-4-5-7-24(22)34-3)14-27-25-13-23(29-17-30-25)19-12-20-16-31-33(26(20)28-15-19)21-8-10-32(2)11-9-21/h4-7,12-13,15-18,21H,8-11,14H2,1-3H3,(H,27,29,30). The Bertz CT molecular complexity index is 1260. The summed E-state index contributed by atoms with van der Waals surface area (Å²) < 4.78 is 7.60. The fourth-order valence-electron chi connectivity index (χ4n) is 4.64. The number of para-hydroxylation sites is 1. The van der Waals surface area contributed by atoms with Crippen LogP contribution in [-0.4, -0.2) is 63.4 Å². The van der Waals surface area contributed by atoms with Gasteiger partial charge in [0.05, 0.1) is 25.0 Å². The summed E-state index contributed by atoms with van der Waals surface area (Å²) in [4.78, 5) is 16.0. The molecule has 4 aromatic rings. The summed E-state index contributed by atoms with van der Waals surface area (Å²) in [7, 11) is 3.88. The Morgan fingerprint density at radius 1 is 1.09 bits per heavy atom. The number of likely N-dealkylation sites (tertiary alicyclic amines) is 1. The van der Waals surface area contributed by atoms with Gasteiger partial charge in [-0.1, -0.05) is 25.1 Å². The fraction of sp³-hybridized carbons (Fsp3) is 0.385. The predicted octanol–water partition coefficient (Wildman–Crippen LogP) is 4.38. The van der Waals surface area contributed by atoms with Crippen molar-refractivity contribution in [2.75, 3.05) is 39.1 Å². The van der Waals surface area contributed by atoms with E-state index in [1.165, 1.54) is 5.56 Å². The molecule has 1 atom stereocenters. The van der Waals surface area contributed by atoms with Crippen LogP contribution >= 0.6 is 0 Å². The van der Waals surface area contributed by atoms with Crippen LogP contribution in [0.1, 0.15) is 37.3 Å². The van der Waals surface area contributed by atoms with Gasteiger partial charge in [0.15, 0.2) is 5.65 Å². The number of anilines is 1. The van der Waals surface area contributed by atoms with Crippen molar-refractivity contribution in [1.82, 2.24) is 29.6 Å². The lowest BCUT2D eigenvalue weighted by atomic mass is 10.00. The van der Waals surface area contributed by atoms with E-state index >= 15 is 0 Å². The van der Waals surface area contributed by atoms with Crippen LogP contribution in [0.5, 0.6) is 5.75 Å². The second kappa shape index (κ2) is 9.77. The van der Waals surface area contributed by atoms with Gasteiger partial charge in [0.1, 0.15) is 17.9 Å². The van der Waals surface area contributed by atoms with Crippen molar-refractivity contribution < 1.29 is 4.74 Å². The van der Waals surface area contributed by atoms with Gasteiger partial charge in [-0.05, 0) is 50.7 Å². The zero-order valence-corrected chi connectivity index (χ0v) is 20.0. The monoisotopic (exact) mass is 457 g/mol. The number of pyridine rings is 1. The second-order valence-electron chi connectivity index (χ2n) is 9.07. The number of nitrogens with one attached hydrogen (secondary N) is 1. The van der Waals surface area contributed by atoms with Crippen molar-refractivity contribution in [3.05, 3.63) is 60.7 Å². The molecule has 0 radical (unpaired) electrons. The molecule has 0 amide bonds. The van der Waals surface area contributed by atoms with Crippen molar-refractivity contribution in [2.24, 2.45) is 0 Å². The number of ether oxygens (including phenoxy) is 1. The first kappa shape index (κ1) is 22.3. The third-order valence-corrected chi connectivity index (χ3v) is 6.69. The first-order valence-corrected chi connectivity index (χ1v) is 11.8. The first-order chi connectivity index (χ1) is 16.6. The summed E-state index contributed by atoms with van der Waals surface area (Å²) in [6, 6.07) is 12.6. The zero-order chi connectivity index (χ0) is 23.5. The van der Waals surface area contributed by atoms with Gasteiger partial charge in [0, 0.05) is 35.7 Å². The lowest BCUT2D eigenvalue weighted by Gasteiger charge is -2.29. The maximum absolute atomic E-state index is 5.51. The highest BCUT2D eigenvalue weighted by atomic mass is 16.5. The van der Waals surface area contributed by atoms with Gasteiger partial charge in [-0.3, -0.25) is 0 Å². The van der Waals surface area contributed by atoms with Crippen molar-refractivity contribution in [3.63, 3.8) is 0 Å². The average molecular weight is 458 g/mol. The number of piperidine rings is 1. The minimum Gasteiger partial charge on any atom is -0.496 e. The van der Waals surface area contributed by atoms with E-state index in [1.54, 1.807) is 13.4 Å². The summed E-state index contributed by atoms with van der Waals surface area (Å²) in [5.41, 5.74) is 3.90. The van der Waals surface area contributed by atoms with E-state index < -0.39 is 0 Å². The molecule has 176 valence electrons. The Hall–Kier alpha value is -3.52. The summed E-state index contributed by atoms with van der Waals surface area (Å²) in [6.45, 7) is 5.09. The maximum Gasteiger partial charge on any atom is 0.158 e. The molecule has 1 aromatic carbocycles. The van der Waals surface area contributed by atoms with E-state index in [2.05, 4.69) is 56.1 Å². The van der Waals surface area contributed by atoms with Crippen molar-refractivity contribution in [1.29, 1.82) is 0 Å². The van der Waals surface area contributed by atoms with Crippen molar-refractivity contribution in [3.8, 4) is 17.0 Å². The minimum atomic E-state index is 0.262. The van der Waals surface area contributed by atoms with Crippen molar-refractivity contribution >= 4 is 16.9 Å². The number of fused-ring (bicyclic) bond motifs is 1. The first-order valence-electron chi connectivity index (χ1n) is 11.8.